The van der Waals surface area contributed by atoms with Gasteiger partial charge in [0, 0.05) is 16.2 Å². The molecule has 2 aliphatic heterocycles. The van der Waals surface area contributed by atoms with Crippen molar-refractivity contribution < 1.29 is 28.9 Å². The van der Waals surface area contributed by atoms with E-state index in [-0.39, 0.29) is 0 Å². The highest BCUT2D eigenvalue weighted by Gasteiger charge is 2.50. The lowest BCUT2D eigenvalue weighted by molar-refractivity contribution is -0.139. The summed E-state index contributed by atoms with van der Waals surface area (Å²) in [5.74, 6) is -0.131. The number of thioether (sulfide) groups is 1. The average Bonchev–Trinajstić information content (AvgIpc) is 3.10. The van der Waals surface area contributed by atoms with Gasteiger partial charge in [-0.3, -0.25) is 14.5 Å². The third-order valence-corrected chi connectivity index (χ3v) is 7.13. The number of esters is 1. The predicted octanol–water partition coefficient (Wildman–Crippen LogP) is 3.95. The molecule has 0 fully saturated rings. The molecular formula is C24H23NO6S. The van der Waals surface area contributed by atoms with Crippen LogP contribution in [-0.2, 0) is 14.3 Å². The minimum Gasteiger partial charge on any atom is -0.503 e. The molecule has 0 bridgehead atoms. The molecule has 2 aromatic carbocycles. The number of carbonyl (C=O) groups is 2. The Kier molecular flexibility index (Phi) is 5.88. The van der Waals surface area contributed by atoms with Gasteiger partial charge in [0.2, 0.25) is 0 Å². The maximum absolute atomic E-state index is 13.1. The molecule has 166 valence electrons. The van der Waals surface area contributed by atoms with Crippen LogP contribution >= 0.6 is 11.8 Å². The Hall–Kier alpha value is -3.39. The number of aliphatic hydroxyl groups excluding tert-OH is 1. The van der Waals surface area contributed by atoms with Gasteiger partial charge in [0.05, 0.1) is 27.4 Å². The largest absolute Gasteiger partial charge is 0.503 e. The molecule has 8 heteroatoms. The van der Waals surface area contributed by atoms with Crippen molar-refractivity contribution in [1.29, 1.82) is 0 Å². The van der Waals surface area contributed by atoms with Crippen LogP contribution in [0.4, 0.5) is 5.69 Å². The van der Waals surface area contributed by atoms with Crippen molar-refractivity contribution >= 4 is 34.2 Å². The van der Waals surface area contributed by atoms with Crippen LogP contribution in [0.5, 0.6) is 11.5 Å². The normalized spacial score (nSPS) is 20.4. The van der Waals surface area contributed by atoms with E-state index in [0.29, 0.717) is 22.8 Å². The topological polar surface area (TPSA) is 85.3 Å². The minimum atomic E-state index is -0.849. The molecule has 2 atom stereocenters. The van der Waals surface area contributed by atoms with Crippen molar-refractivity contribution in [2.45, 2.75) is 18.2 Å². The Bertz CT molecular complexity index is 1120. The lowest BCUT2D eigenvalue weighted by Gasteiger charge is -2.35. The number of hydrogen-bond donors (Lipinski definition) is 1. The summed E-state index contributed by atoms with van der Waals surface area (Å²) in [5, 5.41) is 9.94. The highest BCUT2D eigenvalue weighted by atomic mass is 32.2. The predicted molar refractivity (Wildman–Crippen MR) is 123 cm³/mol. The smallest absolute Gasteiger partial charge is 0.323 e. The standard InChI is InChI=1S/C24H23NO6S/c1-13-19-18(20(26)23(27)25(19)15-7-11-17(30-3)12-8-15)22(24(28)31-4)32-21(13)14-5-9-16(29-2)10-6-14/h5-12,19,22,26H,1-4H3/t19-,22-/m0/s1. The van der Waals surface area contributed by atoms with Crippen molar-refractivity contribution in [3.8, 4) is 11.5 Å². The quantitative estimate of drug-likeness (QED) is 0.686. The van der Waals surface area contributed by atoms with Crippen LogP contribution in [0.1, 0.15) is 12.5 Å². The van der Waals surface area contributed by atoms with Crippen molar-refractivity contribution in [2.75, 3.05) is 26.2 Å². The summed E-state index contributed by atoms with van der Waals surface area (Å²) in [4.78, 5) is 28.2. The lowest BCUT2D eigenvalue weighted by atomic mass is 9.94. The Morgan fingerprint density at radius 1 is 0.969 bits per heavy atom. The van der Waals surface area contributed by atoms with E-state index in [0.717, 1.165) is 16.0 Å². The van der Waals surface area contributed by atoms with Crippen molar-refractivity contribution in [3.63, 3.8) is 0 Å². The van der Waals surface area contributed by atoms with Gasteiger partial charge >= 0.3 is 5.97 Å². The molecule has 0 saturated carbocycles. The number of amides is 1. The van der Waals surface area contributed by atoms with Crippen LogP contribution in [0.3, 0.4) is 0 Å². The monoisotopic (exact) mass is 453 g/mol. The fourth-order valence-electron chi connectivity index (χ4n) is 4.05. The molecule has 1 N–H and O–H groups in total. The Balaban J connectivity index is 1.87. The van der Waals surface area contributed by atoms with Gasteiger partial charge in [0.25, 0.3) is 5.91 Å². The van der Waals surface area contributed by atoms with Gasteiger partial charge < -0.3 is 19.3 Å². The number of aliphatic hydroxyl groups is 1. The molecule has 7 nitrogen and oxygen atoms in total. The third kappa shape index (κ3) is 3.50. The van der Waals surface area contributed by atoms with E-state index in [2.05, 4.69) is 0 Å². The van der Waals surface area contributed by atoms with E-state index < -0.39 is 28.9 Å². The number of ether oxygens (including phenoxy) is 3. The van der Waals surface area contributed by atoms with Crippen molar-refractivity contribution in [3.05, 3.63) is 71.0 Å². The molecule has 0 spiro atoms. The number of methoxy groups -OCH3 is 3. The zero-order valence-electron chi connectivity index (χ0n) is 18.1. The second-order valence-corrected chi connectivity index (χ2v) is 8.46. The van der Waals surface area contributed by atoms with Crippen LogP contribution in [0.25, 0.3) is 4.91 Å². The van der Waals surface area contributed by atoms with Crippen molar-refractivity contribution in [2.24, 2.45) is 0 Å². The molecule has 0 unspecified atom stereocenters. The number of nitrogens with zero attached hydrogens (tertiary/aromatic N) is 1. The number of hydrogen-bond acceptors (Lipinski definition) is 7. The van der Waals surface area contributed by atoms with E-state index in [1.807, 2.05) is 31.2 Å². The van der Waals surface area contributed by atoms with E-state index in [1.165, 1.54) is 23.8 Å². The van der Waals surface area contributed by atoms with Gasteiger partial charge in [-0.15, -0.1) is 11.8 Å². The summed E-state index contributed by atoms with van der Waals surface area (Å²) >= 11 is 1.27. The van der Waals surface area contributed by atoms with E-state index >= 15 is 0 Å². The maximum Gasteiger partial charge on any atom is 0.323 e. The van der Waals surface area contributed by atoms with E-state index in [4.69, 9.17) is 14.2 Å². The van der Waals surface area contributed by atoms with Crippen LogP contribution in [0, 0.1) is 0 Å². The Morgan fingerprint density at radius 2 is 1.53 bits per heavy atom. The van der Waals surface area contributed by atoms with Crippen molar-refractivity contribution in [1.82, 2.24) is 0 Å². The molecule has 1 amide bonds. The highest BCUT2D eigenvalue weighted by Crippen LogP contribution is 2.50. The first-order chi connectivity index (χ1) is 15.4. The van der Waals surface area contributed by atoms with Crippen LogP contribution < -0.4 is 14.4 Å². The summed E-state index contributed by atoms with van der Waals surface area (Å²) in [6.45, 7) is 1.91. The summed E-state index contributed by atoms with van der Waals surface area (Å²) in [6.07, 6.45) is 0. The fraction of sp³-hybridized carbons (Fsp3) is 0.250. The number of carbonyl (C=O) groups excluding carboxylic acids is 2. The molecular weight excluding hydrogens is 430 g/mol. The lowest BCUT2D eigenvalue weighted by Crippen LogP contribution is -2.41. The maximum atomic E-state index is 13.1. The van der Waals surface area contributed by atoms with Gasteiger partial charge in [-0.25, -0.2) is 0 Å². The fourth-order valence-corrected chi connectivity index (χ4v) is 5.41. The number of benzene rings is 2. The number of fused-ring (bicyclic) bond motifs is 1. The van der Waals surface area contributed by atoms with Crippen LogP contribution in [0.2, 0.25) is 0 Å². The summed E-state index contributed by atoms with van der Waals surface area (Å²) in [5.41, 5.74) is 2.67. The first kappa shape index (κ1) is 21.8. The van der Waals surface area contributed by atoms with Crippen LogP contribution in [0.15, 0.2) is 65.4 Å². The van der Waals surface area contributed by atoms with Gasteiger partial charge in [-0.1, -0.05) is 12.1 Å². The first-order valence-corrected chi connectivity index (χ1v) is 10.8. The minimum absolute atomic E-state index is 0.345. The molecule has 4 rings (SSSR count). The highest BCUT2D eigenvalue weighted by molar-refractivity contribution is 8.09. The summed E-state index contributed by atoms with van der Waals surface area (Å²) in [7, 11) is 4.46. The van der Waals surface area contributed by atoms with Gasteiger partial charge in [0.1, 0.15) is 16.7 Å². The third-order valence-electron chi connectivity index (χ3n) is 5.65. The molecule has 0 aromatic heterocycles. The SMILES string of the molecule is COC(=O)[C@H]1SC(c2ccc(OC)cc2)=C(C)[C@H]2C1=C(O)C(=O)N2c1ccc(OC)cc1. The molecule has 0 saturated heterocycles. The summed E-state index contributed by atoms with van der Waals surface area (Å²) in [6, 6.07) is 13.9. The average molecular weight is 454 g/mol. The van der Waals surface area contributed by atoms with Gasteiger partial charge in [0.15, 0.2) is 5.76 Å². The molecule has 32 heavy (non-hydrogen) atoms. The molecule has 0 radical (unpaired) electrons. The van der Waals surface area contributed by atoms with E-state index in [9.17, 15) is 14.7 Å². The second-order valence-electron chi connectivity index (χ2n) is 7.34. The van der Waals surface area contributed by atoms with Crippen LogP contribution in [-0.4, -0.2) is 49.6 Å². The van der Waals surface area contributed by atoms with Gasteiger partial charge in [-0.05, 0) is 54.5 Å². The second kappa shape index (κ2) is 8.63. The summed E-state index contributed by atoms with van der Waals surface area (Å²) < 4.78 is 15.5. The molecule has 0 aliphatic carbocycles. The first-order valence-electron chi connectivity index (χ1n) is 9.91. The zero-order chi connectivity index (χ0) is 23.0. The molecule has 2 aliphatic rings. The molecule has 2 heterocycles. The Morgan fingerprint density at radius 3 is 2.06 bits per heavy atom. The van der Waals surface area contributed by atoms with Gasteiger partial charge in [-0.2, -0.15) is 0 Å². The Labute approximate surface area is 190 Å². The number of rotatable bonds is 5. The number of anilines is 1. The zero-order valence-corrected chi connectivity index (χ0v) is 18.9. The molecule has 2 aromatic rings. The van der Waals surface area contributed by atoms with E-state index in [1.54, 1.807) is 38.5 Å².